The van der Waals surface area contributed by atoms with Crippen molar-refractivity contribution in [2.75, 3.05) is 12.4 Å². The fraction of sp³-hybridized carbons (Fsp3) is 0.0800. The molecule has 37 heavy (non-hydrogen) atoms. The summed E-state index contributed by atoms with van der Waals surface area (Å²) < 4.78 is 38.6. The van der Waals surface area contributed by atoms with Crippen LogP contribution in [0.25, 0.3) is 10.8 Å². The van der Waals surface area contributed by atoms with E-state index < -0.39 is 26.7 Å². The van der Waals surface area contributed by atoms with Crippen molar-refractivity contribution >= 4 is 67.1 Å². The Morgan fingerprint density at radius 1 is 0.973 bits per heavy atom. The Labute approximate surface area is 222 Å². The third-order valence-corrected chi connectivity index (χ3v) is 6.80. The zero-order valence-electron chi connectivity index (χ0n) is 19.4. The van der Waals surface area contributed by atoms with E-state index in [9.17, 15) is 22.9 Å². The lowest BCUT2D eigenvalue weighted by molar-refractivity contribution is 0.102. The van der Waals surface area contributed by atoms with Gasteiger partial charge < -0.3 is 15.2 Å². The Bertz CT molecular complexity index is 1690. The molecule has 0 unspecified atom stereocenters. The summed E-state index contributed by atoms with van der Waals surface area (Å²) in [4.78, 5) is 12.6. The molecular formula is C25H19Cl2N3O6S. The summed E-state index contributed by atoms with van der Waals surface area (Å²) in [5, 5.41) is 22.9. The van der Waals surface area contributed by atoms with Crippen LogP contribution < -0.4 is 10.1 Å². The molecule has 0 atom stereocenters. The van der Waals surface area contributed by atoms with Gasteiger partial charge in [-0.3, -0.25) is 9.35 Å². The Hall–Kier alpha value is -3.70. The van der Waals surface area contributed by atoms with Crippen LogP contribution in [-0.4, -0.2) is 31.1 Å². The number of rotatable bonds is 6. The lowest BCUT2D eigenvalue weighted by atomic mass is 10.0. The quantitative estimate of drug-likeness (QED) is 0.170. The van der Waals surface area contributed by atoms with Crippen LogP contribution in [0.15, 0.2) is 75.8 Å². The highest BCUT2D eigenvalue weighted by Gasteiger charge is 2.22. The minimum absolute atomic E-state index is 0.0783. The molecule has 3 N–H and O–H groups in total. The van der Waals surface area contributed by atoms with Gasteiger partial charge in [-0.2, -0.15) is 8.42 Å². The summed E-state index contributed by atoms with van der Waals surface area (Å²) in [7, 11) is -3.22. The standard InChI is InChI=1S/C25H19Cl2N3O6S/c1-13-9-19(27)23(21(10-13)37(33,34)35)30-29-22-16-6-4-3-5-14(16)11-17(24(22)31)25(32)28-15-7-8-20(36-2)18(26)12-15/h3-12,31H,1-2H3,(H,28,32)(H,33,34,35). The van der Waals surface area contributed by atoms with Crippen LogP contribution in [0.2, 0.25) is 10.0 Å². The minimum Gasteiger partial charge on any atom is -0.505 e. The van der Waals surface area contributed by atoms with E-state index in [0.717, 1.165) is 0 Å². The maximum absolute atomic E-state index is 13.1. The first-order chi connectivity index (χ1) is 17.5. The molecule has 0 bridgehead atoms. The fourth-order valence-corrected chi connectivity index (χ4v) is 4.99. The van der Waals surface area contributed by atoms with Crippen LogP contribution in [-0.2, 0) is 10.1 Å². The van der Waals surface area contributed by atoms with Crippen molar-refractivity contribution in [2.24, 2.45) is 10.2 Å². The number of nitrogens with one attached hydrogen (secondary N) is 1. The molecule has 0 aliphatic rings. The lowest BCUT2D eigenvalue weighted by Gasteiger charge is -2.12. The normalized spacial score (nSPS) is 11.7. The van der Waals surface area contributed by atoms with Gasteiger partial charge in [0.15, 0.2) is 5.75 Å². The van der Waals surface area contributed by atoms with Crippen molar-refractivity contribution in [3.05, 3.63) is 81.8 Å². The van der Waals surface area contributed by atoms with Gasteiger partial charge in [0, 0.05) is 11.1 Å². The molecule has 190 valence electrons. The van der Waals surface area contributed by atoms with Gasteiger partial charge in [-0.05, 0) is 54.3 Å². The Balaban J connectivity index is 1.82. The molecule has 0 aromatic heterocycles. The Morgan fingerprint density at radius 2 is 1.68 bits per heavy atom. The number of amides is 1. The van der Waals surface area contributed by atoms with Crippen molar-refractivity contribution in [3.8, 4) is 11.5 Å². The molecule has 0 aliphatic heterocycles. The number of fused-ring (bicyclic) bond motifs is 1. The van der Waals surface area contributed by atoms with Crippen LogP contribution in [0.4, 0.5) is 17.1 Å². The molecule has 0 aliphatic carbocycles. The minimum atomic E-state index is -4.68. The number of hydrogen-bond donors (Lipinski definition) is 3. The van der Waals surface area contributed by atoms with Gasteiger partial charge in [0.25, 0.3) is 16.0 Å². The van der Waals surface area contributed by atoms with E-state index in [1.165, 1.54) is 31.4 Å². The number of aryl methyl sites for hydroxylation is 1. The zero-order valence-corrected chi connectivity index (χ0v) is 21.7. The number of phenolic OH excluding ortho intramolecular Hbond substituents is 1. The van der Waals surface area contributed by atoms with Gasteiger partial charge in [-0.15, -0.1) is 10.2 Å². The van der Waals surface area contributed by atoms with Crippen LogP contribution in [0.5, 0.6) is 11.5 Å². The van der Waals surface area contributed by atoms with Crippen LogP contribution in [0, 0.1) is 6.92 Å². The number of carbonyl (C=O) groups excluding carboxylic acids is 1. The first-order valence-corrected chi connectivity index (χ1v) is 12.8. The van der Waals surface area contributed by atoms with Crippen molar-refractivity contribution < 1.29 is 27.6 Å². The maximum Gasteiger partial charge on any atom is 0.296 e. The van der Waals surface area contributed by atoms with Crippen molar-refractivity contribution in [2.45, 2.75) is 11.8 Å². The molecule has 0 saturated heterocycles. The molecule has 4 aromatic carbocycles. The molecule has 4 rings (SSSR count). The first-order valence-electron chi connectivity index (χ1n) is 10.6. The second-order valence-electron chi connectivity index (χ2n) is 7.91. The highest BCUT2D eigenvalue weighted by molar-refractivity contribution is 7.86. The number of anilines is 1. The topological polar surface area (TPSA) is 138 Å². The van der Waals surface area contributed by atoms with Gasteiger partial charge in [0.1, 0.15) is 22.0 Å². The highest BCUT2D eigenvalue weighted by Crippen LogP contribution is 2.41. The maximum atomic E-state index is 13.1. The van der Waals surface area contributed by atoms with E-state index in [4.69, 9.17) is 27.9 Å². The summed E-state index contributed by atoms with van der Waals surface area (Å²) >= 11 is 12.3. The van der Waals surface area contributed by atoms with Gasteiger partial charge >= 0.3 is 0 Å². The van der Waals surface area contributed by atoms with Crippen molar-refractivity contribution in [3.63, 3.8) is 0 Å². The number of methoxy groups -OCH3 is 1. The smallest absolute Gasteiger partial charge is 0.296 e. The van der Waals surface area contributed by atoms with E-state index in [2.05, 4.69) is 15.5 Å². The molecule has 0 spiro atoms. The number of phenols is 1. The summed E-state index contributed by atoms with van der Waals surface area (Å²) in [6.07, 6.45) is 0. The number of carbonyl (C=O) groups is 1. The summed E-state index contributed by atoms with van der Waals surface area (Å²) in [5.74, 6) is -0.737. The highest BCUT2D eigenvalue weighted by atomic mass is 35.5. The average molecular weight is 560 g/mol. The van der Waals surface area contributed by atoms with Gasteiger partial charge in [0.2, 0.25) is 0 Å². The molecule has 0 heterocycles. The fourth-order valence-electron chi connectivity index (χ4n) is 3.63. The molecule has 0 fully saturated rings. The van der Waals surface area contributed by atoms with Gasteiger partial charge in [-0.1, -0.05) is 47.5 Å². The molecule has 12 heteroatoms. The number of halogens is 2. The number of ether oxygens (including phenoxy) is 1. The molecule has 9 nitrogen and oxygen atoms in total. The average Bonchev–Trinajstić information content (AvgIpc) is 2.83. The lowest BCUT2D eigenvalue weighted by Crippen LogP contribution is -2.12. The third-order valence-electron chi connectivity index (χ3n) is 5.35. The van der Waals surface area contributed by atoms with Gasteiger partial charge in [0.05, 0.1) is 22.7 Å². The molecule has 4 aromatic rings. The molecule has 0 radical (unpaired) electrons. The van der Waals surface area contributed by atoms with Crippen molar-refractivity contribution in [1.82, 2.24) is 0 Å². The van der Waals surface area contributed by atoms with Crippen LogP contribution >= 0.6 is 23.2 Å². The van der Waals surface area contributed by atoms with E-state index >= 15 is 0 Å². The number of aromatic hydroxyl groups is 1. The van der Waals surface area contributed by atoms with E-state index in [0.29, 0.717) is 27.8 Å². The first kappa shape index (κ1) is 26.4. The third kappa shape index (κ3) is 5.52. The number of nitrogens with zero attached hydrogens (tertiary/aromatic N) is 2. The zero-order chi connectivity index (χ0) is 26.9. The predicted molar refractivity (Wildman–Crippen MR) is 142 cm³/mol. The van der Waals surface area contributed by atoms with Crippen LogP contribution in [0.1, 0.15) is 15.9 Å². The summed E-state index contributed by atoms with van der Waals surface area (Å²) in [6, 6.07) is 15.6. The van der Waals surface area contributed by atoms with Gasteiger partial charge in [-0.25, -0.2) is 0 Å². The SMILES string of the molecule is COc1ccc(NC(=O)c2cc3ccccc3c(N=Nc3c(Cl)cc(C)cc3S(=O)(=O)O)c2O)cc1Cl. The van der Waals surface area contributed by atoms with E-state index in [-0.39, 0.29) is 27.0 Å². The monoisotopic (exact) mass is 559 g/mol. The second-order valence-corrected chi connectivity index (χ2v) is 10.1. The van der Waals surface area contributed by atoms with Crippen molar-refractivity contribution in [1.29, 1.82) is 0 Å². The number of azo groups is 1. The molecule has 0 saturated carbocycles. The summed E-state index contributed by atoms with van der Waals surface area (Å²) in [5.41, 5.74) is 0.289. The second kappa shape index (κ2) is 10.3. The Kier molecular flexibility index (Phi) is 7.37. The largest absolute Gasteiger partial charge is 0.505 e. The van der Waals surface area contributed by atoms with E-state index in [1.54, 1.807) is 43.3 Å². The predicted octanol–water partition coefficient (Wildman–Crippen LogP) is 7.08. The van der Waals surface area contributed by atoms with E-state index in [1.807, 2.05) is 0 Å². The number of hydrogen-bond acceptors (Lipinski definition) is 7. The van der Waals surface area contributed by atoms with Crippen LogP contribution in [0.3, 0.4) is 0 Å². The Morgan fingerprint density at radius 3 is 2.35 bits per heavy atom. The molecule has 1 amide bonds. The molecular weight excluding hydrogens is 541 g/mol. The summed E-state index contributed by atoms with van der Waals surface area (Å²) in [6.45, 7) is 1.60. The number of benzene rings is 4.